The summed E-state index contributed by atoms with van der Waals surface area (Å²) in [6, 6.07) is 6.53. The molecule has 0 spiro atoms. The van der Waals surface area contributed by atoms with Crippen molar-refractivity contribution in [1.82, 2.24) is 15.1 Å². The van der Waals surface area contributed by atoms with Gasteiger partial charge in [0.15, 0.2) is 5.96 Å². The van der Waals surface area contributed by atoms with Crippen molar-refractivity contribution < 1.29 is 4.74 Å². The van der Waals surface area contributed by atoms with Gasteiger partial charge in [0, 0.05) is 54.8 Å². The number of rotatable bonds is 5. The lowest BCUT2D eigenvalue weighted by Gasteiger charge is -2.32. The minimum absolute atomic E-state index is 0.616. The SMILES string of the molecule is CCNC(=NCCc1cc(Cl)ccc1Br)N1CCC(N2CCOCC2)C1. The van der Waals surface area contributed by atoms with E-state index in [1.807, 2.05) is 18.2 Å². The van der Waals surface area contributed by atoms with Crippen molar-refractivity contribution in [2.24, 2.45) is 4.99 Å². The average molecular weight is 444 g/mol. The topological polar surface area (TPSA) is 40.1 Å². The Morgan fingerprint density at radius 1 is 1.35 bits per heavy atom. The number of guanidine groups is 1. The molecular weight excluding hydrogens is 416 g/mol. The quantitative estimate of drug-likeness (QED) is 0.561. The molecular formula is C19H28BrClN4O. The van der Waals surface area contributed by atoms with Crippen LogP contribution in [0.5, 0.6) is 0 Å². The Morgan fingerprint density at radius 3 is 2.92 bits per heavy atom. The normalized spacial score (nSPS) is 22.0. The first-order valence-electron chi connectivity index (χ1n) is 9.46. The smallest absolute Gasteiger partial charge is 0.193 e. The minimum Gasteiger partial charge on any atom is -0.379 e. The van der Waals surface area contributed by atoms with Crippen LogP contribution in [0.2, 0.25) is 5.02 Å². The molecule has 0 radical (unpaired) electrons. The largest absolute Gasteiger partial charge is 0.379 e. The van der Waals surface area contributed by atoms with Crippen molar-refractivity contribution in [1.29, 1.82) is 0 Å². The standard InChI is InChI=1S/C19H28BrClN4O/c1-2-22-19(23-7-5-15-13-16(21)3-4-18(15)20)25-8-6-17(14-25)24-9-11-26-12-10-24/h3-4,13,17H,2,5-12,14H2,1H3,(H,22,23). The van der Waals surface area contributed by atoms with Crippen LogP contribution in [0.3, 0.4) is 0 Å². The summed E-state index contributed by atoms with van der Waals surface area (Å²) >= 11 is 9.71. The highest BCUT2D eigenvalue weighted by Gasteiger charge is 2.30. The lowest BCUT2D eigenvalue weighted by atomic mass is 10.1. The summed E-state index contributed by atoms with van der Waals surface area (Å²) in [6.07, 6.45) is 2.07. The zero-order chi connectivity index (χ0) is 18.4. The number of likely N-dealkylation sites (tertiary alicyclic amines) is 1. The summed E-state index contributed by atoms with van der Waals surface area (Å²) in [5, 5.41) is 4.23. The molecule has 0 bridgehead atoms. The van der Waals surface area contributed by atoms with Gasteiger partial charge in [0.25, 0.3) is 0 Å². The molecule has 2 aliphatic rings. The summed E-state index contributed by atoms with van der Waals surface area (Å²) in [5.41, 5.74) is 1.20. The van der Waals surface area contributed by atoms with Gasteiger partial charge in [-0.25, -0.2) is 0 Å². The number of morpholine rings is 1. The molecule has 144 valence electrons. The predicted octanol–water partition coefficient (Wildman–Crippen LogP) is 3.02. The Bertz CT molecular complexity index is 622. The van der Waals surface area contributed by atoms with E-state index in [-0.39, 0.29) is 0 Å². The molecule has 0 aliphatic carbocycles. The van der Waals surface area contributed by atoms with Gasteiger partial charge in [-0.3, -0.25) is 9.89 Å². The minimum atomic E-state index is 0.616. The molecule has 1 N–H and O–H groups in total. The molecule has 0 saturated carbocycles. The van der Waals surface area contributed by atoms with E-state index in [1.165, 1.54) is 12.0 Å². The molecule has 0 aromatic heterocycles. The third kappa shape index (κ3) is 5.35. The van der Waals surface area contributed by atoms with Crippen LogP contribution in [-0.4, -0.2) is 74.3 Å². The third-order valence-corrected chi connectivity index (χ3v) is 6.02. The van der Waals surface area contributed by atoms with Gasteiger partial charge in [-0.15, -0.1) is 0 Å². The number of hydrogen-bond donors (Lipinski definition) is 1. The Labute approximate surface area is 169 Å². The second kappa shape index (κ2) is 9.93. The zero-order valence-corrected chi connectivity index (χ0v) is 17.7. The van der Waals surface area contributed by atoms with E-state index in [0.717, 1.165) is 74.4 Å². The van der Waals surface area contributed by atoms with Crippen molar-refractivity contribution in [3.05, 3.63) is 33.3 Å². The molecule has 1 atom stereocenters. The molecule has 1 unspecified atom stereocenters. The Hall–Kier alpha value is -0.820. The van der Waals surface area contributed by atoms with Crippen molar-refractivity contribution in [3.63, 3.8) is 0 Å². The molecule has 2 saturated heterocycles. The summed E-state index contributed by atoms with van der Waals surface area (Å²) < 4.78 is 6.57. The summed E-state index contributed by atoms with van der Waals surface area (Å²) in [4.78, 5) is 9.83. The maximum absolute atomic E-state index is 6.11. The number of benzene rings is 1. The van der Waals surface area contributed by atoms with E-state index in [2.05, 4.69) is 38.0 Å². The lowest BCUT2D eigenvalue weighted by molar-refractivity contribution is 0.0195. The Balaban J connectivity index is 1.57. The molecule has 5 nitrogen and oxygen atoms in total. The monoisotopic (exact) mass is 442 g/mol. The Morgan fingerprint density at radius 2 is 2.15 bits per heavy atom. The highest BCUT2D eigenvalue weighted by Crippen LogP contribution is 2.22. The van der Waals surface area contributed by atoms with E-state index in [0.29, 0.717) is 6.04 Å². The van der Waals surface area contributed by atoms with Crippen LogP contribution in [0, 0.1) is 0 Å². The van der Waals surface area contributed by atoms with E-state index >= 15 is 0 Å². The molecule has 2 heterocycles. The van der Waals surface area contributed by atoms with E-state index in [9.17, 15) is 0 Å². The van der Waals surface area contributed by atoms with Gasteiger partial charge >= 0.3 is 0 Å². The van der Waals surface area contributed by atoms with Crippen LogP contribution >= 0.6 is 27.5 Å². The molecule has 2 fully saturated rings. The van der Waals surface area contributed by atoms with Crippen molar-refractivity contribution >= 4 is 33.5 Å². The molecule has 26 heavy (non-hydrogen) atoms. The summed E-state index contributed by atoms with van der Waals surface area (Å²) in [7, 11) is 0. The molecule has 7 heteroatoms. The van der Waals surface area contributed by atoms with Crippen LogP contribution in [0.4, 0.5) is 0 Å². The van der Waals surface area contributed by atoms with Crippen molar-refractivity contribution in [3.8, 4) is 0 Å². The highest BCUT2D eigenvalue weighted by atomic mass is 79.9. The molecule has 1 aromatic rings. The number of nitrogens with one attached hydrogen (secondary N) is 1. The number of ether oxygens (including phenoxy) is 1. The van der Waals surface area contributed by atoms with Gasteiger partial charge in [-0.05, 0) is 43.5 Å². The van der Waals surface area contributed by atoms with Gasteiger partial charge < -0.3 is 15.0 Å². The van der Waals surface area contributed by atoms with Crippen LogP contribution < -0.4 is 5.32 Å². The fourth-order valence-electron chi connectivity index (χ4n) is 3.62. The fourth-order valence-corrected chi connectivity index (χ4v) is 4.26. The van der Waals surface area contributed by atoms with E-state index in [1.54, 1.807) is 0 Å². The van der Waals surface area contributed by atoms with E-state index in [4.69, 9.17) is 21.3 Å². The summed E-state index contributed by atoms with van der Waals surface area (Å²) in [6.45, 7) is 9.70. The third-order valence-electron chi connectivity index (χ3n) is 5.01. The molecule has 2 aliphatic heterocycles. The molecule has 1 aromatic carbocycles. The van der Waals surface area contributed by atoms with Crippen LogP contribution in [0.15, 0.2) is 27.7 Å². The second-order valence-corrected chi connectivity index (χ2v) is 8.05. The van der Waals surface area contributed by atoms with Crippen molar-refractivity contribution in [2.45, 2.75) is 25.8 Å². The summed E-state index contributed by atoms with van der Waals surface area (Å²) in [5.74, 6) is 1.03. The zero-order valence-electron chi connectivity index (χ0n) is 15.4. The van der Waals surface area contributed by atoms with Crippen LogP contribution in [0.25, 0.3) is 0 Å². The lowest BCUT2D eigenvalue weighted by Crippen LogP contribution is -2.46. The van der Waals surface area contributed by atoms with E-state index < -0.39 is 0 Å². The first kappa shape index (κ1) is 19.9. The molecule has 3 rings (SSSR count). The molecule has 0 amide bonds. The van der Waals surface area contributed by atoms with Gasteiger partial charge in [-0.1, -0.05) is 27.5 Å². The number of halogens is 2. The second-order valence-electron chi connectivity index (χ2n) is 6.76. The van der Waals surface area contributed by atoms with Crippen molar-refractivity contribution in [2.75, 3.05) is 52.5 Å². The highest BCUT2D eigenvalue weighted by molar-refractivity contribution is 9.10. The maximum atomic E-state index is 6.11. The van der Waals surface area contributed by atoms with Gasteiger partial charge in [0.05, 0.1) is 13.2 Å². The van der Waals surface area contributed by atoms with Gasteiger partial charge in [0.1, 0.15) is 0 Å². The fraction of sp³-hybridized carbons (Fsp3) is 0.632. The Kier molecular flexibility index (Phi) is 7.61. The maximum Gasteiger partial charge on any atom is 0.193 e. The predicted molar refractivity (Wildman–Crippen MR) is 111 cm³/mol. The van der Waals surface area contributed by atoms with Crippen LogP contribution in [0.1, 0.15) is 18.9 Å². The number of nitrogens with zero attached hydrogens (tertiary/aromatic N) is 3. The number of aliphatic imine (C=N–C) groups is 1. The average Bonchev–Trinajstić information content (AvgIpc) is 3.14. The number of hydrogen-bond acceptors (Lipinski definition) is 3. The first-order chi connectivity index (χ1) is 12.7. The van der Waals surface area contributed by atoms with Gasteiger partial charge in [0.2, 0.25) is 0 Å². The van der Waals surface area contributed by atoms with Gasteiger partial charge in [-0.2, -0.15) is 0 Å². The first-order valence-corrected chi connectivity index (χ1v) is 10.6. The van der Waals surface area contributed by atoms with Crippen LogP contribution in [-0.2, 0) is 11.2 Å².